The molecule has 5 rings (SSSR count). The van der Waals surface area contributed by atoms with Gasteiger partial charge in [0.05, 0.1) is 0 Å². The smallest absolute Gasteiger partial charge is 0.0365 e. The van der Waals surface area contributed by atoms with E-state index in [0.29, 0.717) is 10.2 Å². The molecule has 0 nitrogen and oxygen atoms in total. The summed E-state index contributed by atoms with van der Waals surface area (Å²) in [6.45, 7) is 0. The fourth-order valence-corrected chi connectivity index (χ4v) is 16.7. The van der Waals surface area contributed by atoms with E-state index in [4.69, 9.17) is 22.4 Å². The molecule has 0 bridgehead atoms. The molecule has 5 fully saturated rings. The van der Waals surface area contributed by atoms with Crippen LogP contribution in [0.4, 0.5) is 0 Å². The predicted molar refractivity (Wildman–Crippen MR) is 143 cm³/mol. The lowest BCUT2D eigenvalue weighted by Crippen LogP contribution is -2.64. The summed E-state index contributed by atoms with van der Waals surface area (Å²) >= 11 is 13.6. The molecule has 0 radical (unpaired) electrons. The third kappa shape index (κ3) is 3.81. The lowest BCUT2D eigenvalue weighted by Gasteiger charge is -2.64. The SMILES string of the molecule is S=S1(=S)CCC(C2CCCCC2)(C2CCCCC2)C1(C1CCCCC1)C1CCCCC1. The highest BCUT2D eigenvalue weighted by Gasteiger charge is 2.69. The first-order chi connectivity index (χ1) is 15.1. The van der Waals surface area contributed by atoms with Crippen molar-refractivity contribution in [3.05, 3.63) is 0 Å². The Hall–Kier alpha value is 0.790. The van der Waals surface area contributed by atoms with E-state index < -0.39 is 7.15 Å². The Morgan fingerprint density at radius 2 is 0.774 bits per heavy atom. The summed E-state index contributed by atoms with van der Waals surface area (Å²) in [5.74, 6) is 4.92. The molecule has 31 heavy (non-hydrogen) atoms. The summed E-state index contributed by atoms with van der Waals surface area (Å²) in [5, 5.41) is 0. The van der Waals surface area contributed by atoms with Gasteiger partial charge in [-0.2, -0.15) is 0 Å². The molecule has 1 saturated heterocycles. The Bertz CT molecular complexity index is 648. The standard InChI is InChI=1S/C28H48S3/c29-31(30)22-21-27(23-13-5-1-6-14-23,24-15-7-2-8-16-24)28(31,25-17-9-3-10-18-25)26-19-11-4-12-20-26/h23-26H,1-22H2. The van der Waals surface area contributed by atoms with E-state index in [0.717, 1.165) is 23.7 Å². The summed E-state index contributed by atoms with van der Waals surface area (Å²) < 4.78 is 0.371. The molecular formula is C28H48S3. The van der Waals surface area contributed by atoms with Crippen LogP contribution in [-0.2, 0) is 29.5 Å². The van der Waals surface area contributed by atoms with E-state index in [1.165, 1.54) is 141 Å². The van der Waals surface area contributed by atoms with Crippen molar-refractivity contribution in [3.8, 4) is 0 Å². The van der Waals surface area contributed by atoms with Crippen molar-refractivity contribution in [3.63, 3.8) is 0 Å². The lowest BCUT2D eigenvalue weighted by molar-refractivity contribution is -0.0663. The van der Waals surface area contributed by atoms with E-state index in [9.17, 15) is 0 Å². The summed E-state index contributed by atoms with van der Waals surface area (Å²) in [7, 11) is -1.39. The van der Waals surface area contributed by atoms with Crippen LogP contribution in [0.2, 0.25) is 0 Å². The highest BCUT2D eigenvalue weighted by atomic mass is 33.1. The van der Waals surface area contributed by atoms with E-state index in [-0.39, 0.29) is 0 Å². The Morgan fingerprint density at radius 1 is 0.452 bits per heavy atom. The van der Waals surface area contributed by atoms with E-state index in [2.05, 4.69) is 0 Å². The van der Waals surface area contributed by atoms with Crippen LogP contribution in [0.5, 0.6) is 0 Å². The first-order valence-electron chi connectivity index (χ1n) is 14.4. The normalized spacial score (nSPS) is 33.4. The minimum Gasteiger partial charge on any atom is -0.0825 e. The molecule has 0 aromatic rings. The highest BCUT2D eigenvalue weighted by Crippen LogP contribution is 2.70. The molecule has 0 aromatic carbocycles. The van der Waals surface area contributed by atoms with Gasteiger partial charge in [0, 0.05) is 10.5 Å². The van der Waals surface area contributed by atoms with Gasteiger partial charge in [-0.3, -0.25) is 0 Å². The van der Waals surface area contributed by atoms with Crippen molar-refractivity contribution in [2.75, 3.05) is 5.75 Å². The van der Waals surface area contributed by atoms with Gasteiger partial charge >= 0.3 is 0 Å². The average molecular weight is 481 g/mol. The molecule has 178 valence electrons. The number of hydrogen-bond acceptors (Lipinski definition) is 2. The molecule has 1 heterocycles. The van der Waals surface area contributed by atoms with Crippen LogP contribution in [0, 0.1) is 29.1 Å². The second-order valence-corrected chi connectivity index (χ2v) is 18.6. The second kappa shape index (κ2) is 9.80. The van der Waals surface area contributed by atoms with Gasteiger partial charge in [-0.15, -0.1) is 0 Å². The molecule has 0 unspecified atom stereocenters. The quantitative estimate of drug-likeness (QED) is 0.395. The lowest BCUT2D eigenvalue weighted by atomic mass is 9.46. The van der Waals surface area contributed by atoms with Crippen molar-refractivity contribution in [2.24, 2.45) is 29.1 Å². The summed E-state index contributed by atoms with van der Waals surface area (Å²) in [6, 6.07) is 0. The molecule has 0 amide bonds. The van der Waals surface area contributed by atoms with Crippen LogP contribution in [-0.4, -0.2) is 10.5 Å². The molecule has 0 spiro atoms. The molecule has 4 saturated carbocycles. The van der Waals surface area contributed by atoms with Gasteiger partial charge in [0.1, 0.15) is 0 Å². The number of hydrogen-bond donors (Lipinski definition) is 0. The van der Waals surface area contributed by atoms with E-state index >= 15 is 0 Å². The van der Waals surface area contributed by atoms with Gasteiger partial charge < -0.3 is 0 Å². The van der Waals surface area contributed by atoms with Crippen LogP contribution in [0.1, 0.15) is 135 Å². The zero-order chi connectivity index (χ0) is 21.4. The molecular weight excluding hydrogens is 433 g/mol. The monoisotopic (exact) mass is 480 g/mol. The molecule has 0 aromatic heterocycles. The van der Waals surface area contributed by atoms with Crippen molar-refractivity contribution >= 4 is 29.5 Å². The van der Waals surface area contributed by atoms with Crippen molar-refractivity contribution in [1.29, 1.82) is 0 Å². The molecule has 1 aliphatic heterocycles. The number of rotatable bonds is 4. The Kier molecular flexibility index (Phi) is 7.44. The maximum atomic E-state index is 6.79. The van der Waals surface area contributed by atoms with Gasteiger partial charge in [-0.1, -0.05) is 84.2 Å². The van der Waals surface area contributed by atoms with Crippen LogP contribution in [0.15, 0.2) is 0 Å². The molecule has 5 aliphatic rings. The van der Waals surface area contributed by atoms with E-state index in [1.807, 2.05) is 0 Å². The second-order valence-electron chi connectivity index (χ2n) is 12.2. The van der Waals surface area contributed by atoms with Gasteiger partial charge in [0.15, 0.2) is 0 Å². The topological polar surface area (TPSA) is 0 Å². The highest BCUT2D eigenvalue weighted by molar-refractivity contribution is 8.57. The zero-order valence-corrected chi connectivity index (χ0v) is 22.5. The van der Waals surface area contributed by atoms with Crippen molar-refractivity contribution in [2.45, 2.75) is 140 Å². The largest absolute Gasteiger partial charge is 0.0825 e. The van der Waals surface area contributed by atoms with Crippen LogP contribution >= 0.6 is 0 Å². The Labute approximate surface area is 203 Å². The Balaban J connectivity index is 1.70. The van der Waals surface area contributed by atoms with Gasteiger partial charge in [0.2, 0.25) is 0 Å². The summed E-state index contributed by atoms with van der Waals surface area (Å²) in [4.78, 5) is 0. The minimum atomic E-state index is -1.39. The summed E-state index contributed by atoms with van der Waals surface area (Å²) in [6.07, 6.45) is 31.1. The third-order valence-electron chi connectivity index (χ3n) is 11.1. The van der Waals surface area contributed by atoms with Crippen LogP contribution in [0.3, 0.4) is 0 Å². The van der Waals surface area contributed by atoms with Crippen LogP contribution in [0.25, 0.3) is 0 Å². The molecule has 0 N–H and O–H groups in total. The first kappa shape index (κ1) is 23.5. The minimum absolute atomic E-state index is 0.371. The Morgan fingerprint density at radius 3 is 1.13 bits per heavy atom. The summed E-state index contributed by atoms with van der Waals surface area (Å²) in [5.41, 5.74) is 0.524. The molecule has 0 atom stereocenters. The third-order valence-corrected chi connectivity index (χ3v) is 16.6. The van der Waals surface area contributed by atoms with Crippen molar-refractivity contribution < 1.29 is 0 Å². The van der Waals surface area contributed by atoms with Gasteiger partial charge in [-0.05, 0) is 109 Å². The van der Waals surface area contributed by atoms with Gasteiger partial charge in [0.25, 0.3) is 0 Å². The maximum absolute atomic E-state index is 6.79. The fraction of sp³-hybridized carbons (Fsp3) is 1.00. The average Bonchev–Trinajstić information content (AvgIpc) is 3.10. The predicted octanol–water partition coefficient (Wildman–Crippen LogP) is 8.51. The maximum Gasteiger partial charge on any atom is 0.0365 e. The molecule has 4 aliphatic carbocycles. The molecule has 3 heteroatoms. The zero-order valence-electron chi connectivity index (χ0n) is 20.1. The van der Waals surface area contributed by atoms with Gasteiger partial charge in [-0.25, -0.2) is 0 Å². The first-order valence-corrected chi connectivity index (χ1v) is 18.0. The van der Waals surface area contributed by atoms with Crippen molar-refractivity contribution in [1.82, 2.24) is 0 Å². The fourth-order valence-electron chi connectivity index (χ4n) is 10.2. The van der Waals surface area contributed by atoms with Crippen LogP contribution < -0.4 is 0 Å². The van der Waals surface area contributed by atoms with E-state index in [1.54, 1.807) is 0 Å².